The van der Waals surface area contributed by atoms with Crippen LogP contribution in [0.4, 0.5) is 0 Å². The highest BCUT2D eigenvalue weighted by atomic mass is 35.5. The molecule has 1 N–H and O–H groups in total. The van der Waals surface area contributed by atoms with Gasteiger partial charge in [-0.15, -0.1) is 0 Å². The van der Waals surface area contributed by atoms with Gasteiger partial charge in [-0.05, 0) is 29.8 Å². The minimum absolute atomic E-state index is 0.661. The van der Waals surface area contributed by atoms with Crippen LogP contribution in [0.2, 0.25) is 10.0 Å². The molecule has 0 fully saturated rings. The molecule has 0 saturated carbocycles. The molecule has 1 aromatic heterocycles. The third kappa shape index (κ3) is 3.77. The maximum absolute atomic E-state index is 6.07. The lowest BCUT2D eigenvalue weighted by Gasteiger charge is -2.06. The molecule has 1 aromatic carbocycles. The lowest BCUT2D eigenvalue weighted by atomic mass is 10.2. The fraction of sp³-hybridized carbons (Fsp3) is 0.231. The van der Waals surface area contributed by atoms with Gasteiger partial charge in [0.1, 0.15) is 5.76 Å². The molecule has 0 radical (unpaired) electrons. The Morgan fingerprint density at radius 1 is 1.18 bits per heavy atom. The van der Waals surface area contributed by atoms with Crippen molar-refractivity contribution in [3.8, 4) is 0 Å². The number of rotatable bonds is 5. The Kier molecular flexibility index (Phi) is 4.49. The predicted molar refractivity (Wildman–Crippen MR) is 70.6 cm³/mol. The predicted octanol–water partition coefficient (Wildman–Crippen LogP) is 3.92. The SMILES string of the molecule is Clc1ccc(CNCCc2ccco2)c(Cl)c1. The molecule has 0 bridgehead atoms. The Morgan fingerprint density at radius 2 is 2.06 bits per heavy atom. The van der Waals surface area contributed by atoms with Gasteiger partial charge in [-0.3, -0.25) is 0 Å². The minimum Gasteiger partial charge on any atom is -0.469 e. The van der Waals surface area contributed by atoms with Crippen LogP contribution in [-0.4, -0.2) is 6.54 Å². The van der Waals surface area contributed by atoms with Gasteiger partial charge in [-0.1, -0.05) is 29.3 Å². The fourth-order valence-electron chi connectivity index (χ4n) is 1.55. The van der Waals surface area contributed by atoms with E-state index in [0.29, 0.717) is 10.0 Å². The lowest BCUT2D eigenvalue weighted by Crippen LogP contribution is -2.16. The molecule has 0 aliphatic rings. The van der Waals surface area contributed by atoms with E-state index in [1.54, 1.807) is 12.3 Å². The topological polar surface area (TPSA) is 25.2 Å². The lowest BCUT2D eigenvalue weighted by molar-refractivity contribution is 0.499. The van der Waals surface area contributed by atoms with Crippen LogP contribution >= 0.6 is 23.2 Å². The molecule has 2 aromatic rings. The molecule has 2 nitrogen and oxygen atoms in total. The number of benzene rings is 1. The van der Waals surface area contributed by atoms with Crippen LogP contribution in [0.3, 0.4) is 0 Å². The first-order valence-electron chi connectivity index (χ1n) is 5.43. The Bertz CT molecular complexity index is 468. The molecule has 0 aliphatic carbocycles. The van der Waals surface area contributed by atoms with E-state index in [-0.39, 0.29) is 0 Å². The van der Waals surface area contributed by atoms with Crippen molar-refractivity contribution < 1.29 is 4.42 Å². The molecule has 0 spiro atoms. The molecule has 2 rings (SSSR count). The molecule has 1 heterocycles. The second-order valence-electron chi connectivity index (χ2n) is 3.74. The number of furan rings is 1. The summed E-state index contributed by atoms with van der Waals surface area (Å²) in [6, 6.07) is 9.40. The number of hydrogen-bond acceptors (Lipinski definition) is 2. The van der Waals surface area contributed by atoms with Crippen LogP contribution in [0.15, 0.2) is 41.0 Å². The van der Waals surface area contributed by atoms with E-state index in [0.717, 1.165) is 30.8 Å². The van der Waals surface area contributed by atoms with Crippen LogP contribution in [0.1, 0.15) is 11.3 Å². The molecule has 0 amide bonds. The summed E-state index contributed by atoms with van der Waals surface area (Å²) in [4.78, 5) is 0. The summed E-state index contributed by atoms with van der Waals surface area (Å²) in [6.07, 6.45) is 2.56. The van der Waals surface area contributed by atoms with Gasteiger partial charge < -0.3 is 9.73 Å². The van der Waals surface area contributed by atoms with Crippen molar-refractivity contribution in [2.45, 2.75) is 13.0 Å². The van der Waals surface area contributed by atoms with Crippen molar-refractivity contribution in [1.82, 2.24) is 5.32 Å². The van der Waals surface area contributed by atoms with E-state index in [1.807, 2.05) is 24.3 Å². The molecule has 0 saturated heterocycles. The second-order valence-corrected chi connectivity index (χ2v) is 4.59. The van der Waals surface area contributed by atoms with Crippen molar-refractivity contribution in [3.05, 3.63) is 58.0 Å². The summed E-state index contributed by atoms with van der Waals surface area (Å²) in [5.74, 6) is 0.986. The maximum Gasteiger partial charge on any atom is 0.105 e. The molecule has 4 heteroatoms. The molecule has 0 atom stereocenters. The van der Waals surface area contributed by atoms with Crippen molar-refractivity contribution in [2.24, 2.45) is 0 Å². The van der Waals surface area contributed by atoms with Gasteiger partial charge >= 0.3 is 0 Å². The third-order valence-corrected chi connectivity index (χ3v) is 3.05. The Balaban J connectivity index is 1.78. The van der Waals surface area contributed by atoms with Gasteiger partial charge in [0, 0.05) is 29.6 Å². The van der Waals surface area contributed by atoms with Crippen molar-refractivity contribution in [2.75, 3.05) is 6.54 Å². The first-order valence-corrected chi connectivity index (χ1v) is 6.18. The highest BCUT2D eigenvalue weighted by Gasteiger charge is 2.01. The van der Waals surface area contributed by atoms with Crippen molar-refractivity contribution in [3.63, 3.8) is 0 Å². The molecule has 0 unspecified atom stereocenters. The first-order chi connectivity index (χ1) is 8.25. The van der Waals surface area contributed by atoms with Crippen LogP contribution in [0.5, 0.6) is 0 Å². The third-order valence-electron chi connectivity index (χ3n) is 2.46. The van der Waals surface area contributed by atoms with E-state index >= 15 is 0 Å². The summed E-state index contributed by atoms with van der Waals surface area (Å²) in [5, 5.41) is 4.67. The monoisotopic (exact) mass is 269 g/mol. The summed E-state index contributed by atoms with van der Waals surface area (Å²) in [6.45, 7) is 1.59. The van der Waals surface area contributed by atoms with Crippen LogP contribution in [0.25, 0.3) is 0 Å². The molecule has 0 aliphatic heterocycles. The Morgan fingerprint density at radius 3 is 2.76 bits per heavy atom. The normalized spacial score (nSPS) is 10.7. The van der Waals surface area contributed by atoms with Crippen LogP contribution < -0.4 is 5.32 Å². The van der Waals surface area contributed by atoms with Crippen LogP contribution in [0, 0.1) is 0 Å². The summed E-state index contributed by atoms with van der Waals surface area (Å²) >= 11 is 11.9. The number of hydrogen-bond donors (Lipinski definition) is 1. The van der Waals surface area contributed by atoms with E-state index in [1.165, 1.54) is 0 Å². The maximum atomic E-state index is 6.07. The minimum atomic E-state index is 0.661. The van der Waals surface area contributed by atoms with Gasteiger partial charge in [0.05, 0.1) is 6.26 Å². The standard InChI is InChI=1S/C13H13Cl2NO/c14-11-4-3-10(13(15)8-11)9-16-6-5-12-2-1-7-17-12/h1-4,7-8,16H,5-6,9H2. The molecule has 17 heavy (non-hydrogen) atoms. The average Bonchev–Trinajstić information content (AvgIpc) is 2.79. The van der Waals surface area contributed by atoms with Gasteiger partial charge in [0.25, 0.3) is 0 Å². The average molecular weight is 270 g/mol. The quantitative estimate of drug-likeness (QED) is 0.833. The second kappa shape index (κ2) is 6.10. The Labute approximate surface area is 111 Å². The zero-order chi connectivity index (χ0) is 12.1. The van der Waals surface area contributed by atoms with Gasteiger partial charge in [0.2, 0.25) is 0 Å². The van der Waals surface area contributed by atoms with Gasteiger partial charge in [0.15, 0.2) is 0 Å². The van der Waals surface area contributed by atoms with Gasteiger partial charge in [-0.2, -0.15) is 0 Å². The van der Waals surface area contributed by atoms with Crippen molar-refractivity contribution >= 4 is 23.2 Å². The number of nitrogens with one attached hydrogen (secondary N) is 1. The van der Waals surface area contributed by atoms with E-state index < -0.39 is 0 Å². The zero-order valence-corrected chi connectivity index (χ0v) is 10.8. The van der Waals surface area contributed by atoms with E-state index in [4.69, 9.17) is 27.6 Å². The summed E-state index contributed by atoms with van der Waals surface area (Å²) < 4.78 is 5.24. The highest BCUT2D eigenvalue weighted by Crippen LogP contribution is 2.20. The van der Waals surface area contributed by atoms with Gasteiger partial charge in [-0.25, -0.2) is 0 Å². The highest BCUT2D eigenvalue weighted by molar-refractivity contribution is 6.35. The molecular weight excluding hydrogens is 257 g/mol. The van der Waals surface area contributed by atoms with E-state index in [2.05, 4.69) is 5.32 Å². The zero-order valence-electron chi connectivity index (χ0n) is 9.25. The van der Waals surface area contributed by atoms with Crippen molar-refractivity contribution in [1.29, 1.82) is 0 Å². The smallest absolute Gasteiger partial charge is 0.105 e. The number of halogens is 2. The fourth-order valence-corrected chi connectivity index (χ4v) is 2.03. The summed E-state index contributed by atoms with van der Waals surface area (Å²) in [7, 11) is 0. The largest absolute Gasteiger partial charge is 0.469 e. The Hall–Kier alpha value is -0.960. The molecule has 90 valence electrons. The summed E-state index contributed by atoms with van der Waals surface area (Å²) in [5.41, 5.74) is 1.05. The molecular formula is C13H13Cl2NO. The van der Waals surface area contributed by atoms with E-state index in [9.17, 15) is 0 Å². The first kappa shape index (κ1) is 12.5. The van der Waals surface area contributed by atoms with Crippen LogP contribution in [-0.2, 0) is 13.0 Å².